The standard InChI is InChI=1S/C50H60FN7O8S3Si/c1-34-18-21-38(22-19-34)69(60,61)56(5)25-12-14-36-20-23-41(39(51)31-36)64-27-13-17-43-45(47(59)62-6)52-48(68-43)57(26-24-37-32-65-50(3,4)66-37)44-30-35(2)46(55-54-44)53-49-58(33-63-28-29-70(7,8)9)40-15-10-11-16-42(40)67-49/h10-11,15-16,18-23,30-31,37H,13,17,24-29,32-33H2,1-9H3/b53-49-. The second-order valence-corrected chi connectivity index (χ2v) is 28.3. The molecule has 0 radical (unpaired) electrons. The van der Waals surface area contributed by atoms with Gasteiger partial charge in [-0.1, -0.05) is 72.6 Å². The Bertz CT molecular complexity index is 3050. The van der Waals surface area contributed by atoms with E-state index in [0.717, 1.165) is 36.5 Å². The van der Waals surface area contributed by atoms with E-state index < -0.39 is 35.7 Å². The zero-order valence-electron chi connectivity index (χ0n) is 41.1. The Labute approximate surface area is 418 Å². The van der Waals surface area contributed by atoms with Crippen molar-refractivity contribution in [2.24, 2.45) is 4.99 Å². The maximum Gasteiger partial charge on any atom is 0.357 e. The molecule has 70 heavy (non-hydrogen) atoms. The lowest BCUT2D eigenvalue weighted by molar-refractivity contribution is -0.138. The number of aryl methyl sites for hydroxylation is 3. The van der Waals surface area contributed by atoms with Gasteiger partial charge in [-0.25, -0.2) is 22.6 Å². The summed E-state index contributed by atoms with van der Waals surface area (Å²) in [4.78, 5) is 26.5. The van der Waals surface area contributed by atoms with Crippen molar-refractivity contribution in [3.8, 4) is 17.6 Å². The zero-order valence-corrected chi connectivity index (χ0v) is 44.5. The lowest BCUT2D eigenvalue weighted by Crippen LogP contribution is -2.27. The third-order valence-electron chi connectivity index (χ3n) is 11.3. The molecule has 0 N–H and O–H groups in total. The van der Waals surface area contributed by atoms with Crippen LogP contribution in [0.3, 0.4) is 0 Å². The summed E-state index contributed by atoms with van der Waals surface area (Å²) in [7, 11) is -2.24. The number of halogens is 1. The van der Waals surface area contributed by atoms with Crippen molar-refractivity contribution in [3.63, 3.8) is 0 Å². The molecule has 6 aromatic rings. The molecular weight excluding hydrogens is 970 g/mol. The van der Waals surface area contributed by atoms with Crippen molar-refractivity contribution >= 4 is 73.7 Å². The lowest BCUT2D eigenvalue weighted by atomic mass is 10.2. The Kier molecular flexibility index (Phi) is 17.1. The number of benzene rings is 3. The van der Waals surface area contributed by atoms with Crippen LogP contribution in [0.25, 0.3) is 10.2 Å². The third-order valence-corrected chi connectivity index (χ3v) is 17.0. The monoisotopic (exact) mass is 1030 g/mol. The minimum absolute atomic E-state index is 0.0346. The van der Waals surface area contributed by atoms with Gasteiger partial charge in [0.1, 0.15) is 6.73 Å². The summed E-state index contributed by atoms with van der Waals surface area (Å²) in [6.45, 7) is 16.5. The number of carbonyl (C=O) groups excluding carboxylic acids is 1. The van der Waals surface area contributed by atoms with E-state index in [1.54, 1.807) is 41.7 Å². The summed E-state index contributed by atoms with van der Waals surface area (Å²) in [5.41, 5.74) is 3.30. The number of aromatic nitrogens is 4. The van der Waals surface area contributed by atoms with Gasteiger partial charge in [0.25, 0.3) is 0 Å². The Morgan fingerprint density at radius 3 is 2.51 bits per heavy atom. The quantitative estimate of drug-likeness (QED) is 0.0309. The highest BCUT2D eigenvalue weighted by molar-refractivity contribution is 7.89. The maximum absolute atomic E-state index is 15.2. The van der Waals surface area contributed by atoms with Gasteiger partial charge in [0.05, 0.1) is 48.1 Å². The number of rotatable bonds is 20. The molecule has 1 saturated heterocycles. The van der Waals surface area contributed by atoms with Crippen molar-refractivity contribution in [1.29, 1.82) is 0 Å². The fourth-order valence-electron chi connectivity index (χ4n) is 7.27. The molecule has 372 valence electrons. The number of fused-ring (bicyclic) bond motifs is 1. The van der Waals surface area contributed by atoms with E-state index in [2.05, 4.69) is 58.4 Å². The molecule has 4 heterocycles. The third kappa shape index (κ3) is 13.5. The number of ether oxygens (including phenoxy) is 5. The van der Waals surface area contributed by atoms with Crippen LogP contribution in [0.4, 0.5) is 21.2 Å². The number of methoxy groups -OCH3 is 1. The van der Waals surface area contributed by atoms with Crippen LogP contribution in [0, 0.1) is 31.5 Å². The first-order chi connectivity index (χ1) is 33.3. The Hall–Kier alpha value is -5.37. The van der Waals surface area contributed by atoms with Crippen LogP contribution in [0.5, 0.6) is 5.75 Å². The number of hydrogen-bond donors (Lipinski definition) is 0. The molecule has 1 atom stereocenters. The number of carbonyl (C=O) groups is 1. The molecule has 20 heteroatoms. The maximum atomic E-state index is 15.2. The van der Waals surface area contributed by atoms with E-state index in [1.165, 1.54) is 37.6 Å². The normalized spacial score (nSPS) is 15.1. The van der Waals surface area contributed by atoms with Gasteiger partial charge in [-0.05, 0) is 107 Å². The summed E-state index contributed by atoms with van der Waals surface area (Å²) in [6, 6.07) is 22.0. The second kappa shape index (κ2) is 22.8. The molecule has 0 saturated carbocycles. The number of anilines is 2. The lowest BCUT2D eigenvalue weighted by Gasteiger charge is -2.23. The van der Waals surface area contributed by atoms with Gasteiger partial charge in [0.2, 0.25) is 10.0 Å². The molecule has 0 aliphatic carbocycles. The number of para-hydroxylation sites is 1. The number of hydrogen-bond acceptors (Lipinski definition) is 15. The molecule has 1 aliphatic rings. The van der Waals surface area contributed by atoms with Gasteiger partial charge in [0, 0.05) is 38.7 Å². The average molecular weight is 1030 g/mol. The van der Waals surface area contributed by atoms with E-state index in [0.29, 0.717) is 73.0 Å². The van der Waals surface area contributed by atoms with E-state index in [1.807, 2.05) is 50.8 Å². The smallest absolute Gasteiger partial charge is 0.357 e. The summed E-state index contributed by atoms with van der Waals surface area (Å²) < 4.78 is 74.6. The Balaban J connectivity index is 1.06. The summed E-state index contributed by atoms with van der Waals surface area (Å²) in [5.74, 6) is 4.75. The minimum atomic E-state index is -3.73. The van der Waals surface area contributed by atoms with E-state index in [4.69, 9.17) is 33.7 Å². The molecule has 1 fully saturated rings. The fourth-order valence-corrected chi connectivity index (χ4v) is 11.2. The predicted molar refractivity (Wildman–Crippen MR) is 274 cm³/mol. The predicted octanol–water partition coefficient (Wildman–Crippen LogP) is 9.40. The van der Waals surface area contributed by atoms with Crippen molar-refractivity contribution < 1.29 is 41.3 Å². The molecule has 1 unspecified atom stereocenters. The number of thiazole rings is 2. The largest absolute Gasteiger partial charge is 0.491 e. The fraction of sp³-hybridized carbons (Fsp3) is 0.420. The van der Waals surface area contributed by atoms with Crippen LogP contribution < -0.4 is 14.4 Å². The van der Waals surface area contributed by atoms with Crippen LogP contribution >= 0.6 is 22.7 Å². The second-order valence-electron chi connectivity index (χ2n) is 18.6. The highest BCUT2D eigenvalue weighted by Crippen LogP contribution is 2.35. The highest BCUT2D eigenvalue weighted by Gasteiger charge is 2.33. The van der Waals surface area contributed by atoms with E-state index in [9.17, 15) is 13.2 Å². The van der Waals surface area contributed by atoms with Crippen molar-refractivity contribution in [3.05, 3.63) is 111 Å². The molecule has 0 bridgehead atoms. The molecule has 3 aromatic carbocycles. The first kappa shape index (κ1) is 52.5. The van der Waals surface area contributed by atoms with E-state index in [-0.39, 0.29) is 35.6 Å². The summed E-state index contributed by atoms with van der Waals surface area (Å²) in [5, 5.41) is 9.83. The van der Waals surface area contributed by atoms with Gasteiger partial charge in [-0.3, -0.25) is 4.57 Å². The average Bonchev–Trinajstić information content (AvgIpc) is 4.01. The molecule has 0 spiro atoms. The number of nitrogens with zero attached hydrogens (tertiary/aromatic N) is 7. The molecular formula is C50H60FN7O8S3Si. The first-order valence-corrected chi connectivity index (χ1v) is 29.7. The zero-order chi connectivity index (χ0) is 50.2. The summed E-state index contributed by atoms with van der Waals surface area (Å²) >= 11 is 2.89. The Morgan fingerprint density at radius 2 is 1.81 bits per heavy atom. The van der Waals surface area contributed by atoms with Gasteiger partial charge in [-0.2, -0.15) is 9.30 Å². The van der Waals surface area contributed by atoms with Gasteiger partial charge in [0.15, 0.2) is 44.6 Å². The van der Waals surface area contributed by atoms with Crippen LogP contribution in [0.15, 0.2) is 82.7 Å². The van der Waals surface area contributed by atoms with Gasteiger partial charge >= 0.3 is 5.97 Å². The first-order valence-electron chi connectivity index (χ1n) is 23.0. The SMILES string of the molecule is COC(=O)c1nc(N(CCC2COC(C)(C)O2)c2cc(C)c(/N=c3\sc4ccccc4n3COCC[Si](C)(C)C)nn2)sc1CCCOc1ccc(C#CCN(C)S(=O)(=O)c2ccc(C)cc2)cc1F. The number of esters is 1. The highest BCUT2D eigenvalue weighted by atomic mass is 32.2. The molecule has 15 nitrogen and oxygen atoms in total. The minimum Gasteiger partial charge on any atom is -0.491 e. The van der Waals surface area contributed by atoms with Crippen LogP contribution in [-0.4, -0.2) is 105 Å². The molecule has 1 aliphatic heterocycles. The molecule has 3 aromatic heterocycles. The van der Waals surface area contributed by atoms with Crippen LogP contribution in [0.2, 0.25) is 25.7 Å². The van der Waals surface area contributed by atoms with Crippen molar-refractivity contribution in [1.82, 2.24) is 24.1 Å². The topological polar surface area (TPSA) is 160 Å². The van der Waals surface area contributed by atoms with E-state index >= 15 is 4.39 Å². The molecule has 7 rings (SSSR count). The van der Waals surface area contributed by atoms with Crippen molar-refractivity contribution in [2.75, 3.05) is 52.0 Å². The Morgan fingerprint density at radius 1 is 1.04 bits per heavy atom. The van der Waals surface area contributed by atoms with Gasteiger partial charge in [-0.15, -0.1) is 21.5 Å². The summed E-state index contributed by atoms with van der Waals surface area (Å²) in [6.07, 6.45) is 1.18. The van der Waals surface area contributed by atoms with Crippen LogP contribution in [0.1, 0.15) is 58.7 Å². The van der Waals surface area contributed by atoms with Crippen molar-refractivity contribution in [2.45, 2.75) is 96.2 Å². The molecule has 0 amide bonds. The van der Waals surface area contributed by atoms with Gasteiger partial charge < -0.3 is 28.6 Å². The number of sulfonamides is 1. The van der Waals surface area contributed by atoms with Crippen LogP contribution in [-0.2, 0) is 42.1 Å².